The monoisotopic (exact) mass is 372 g/mol. The van der Waals surface area contributed by atoms with Crippen LogP contribution in [0.4, 0.5) is 5.95 Å². The third kappa shape index (κ3) is 3.32. The summed E-state index contributed by atoms with van der Waals surface area (Å²) < 4.78 is 1.02. The van der Waals surface area contributed by atoms with E-state index in [1.807, 2.05) is 51.1 Å². The lowest BCUT2D eigenvalue weighted by Crippen LogP contribution is -2.29. The number of hydrogen-bond acceptors (Lipinski definition) is 4. The maximum Gasteiger partial charge on any atom is 0.259 e. The molecule has 118 valence electrons. The number of anilines is 1. The summed E-state index contributed by atoms with van der Waals surface area (Å²) in [5, 5.41) is 5.72. The number of halogens is 1. The molecule has 0 radical (unpaired) electrons. The molecule has 2 aromatic rings. The molecule has 0 aliphatic carbocycles. The molecule has 3 rings (SSSR count). The van der Waals surface area contributed by atoms with Gasteiger partial charge in [-0.2, -0.15) is 10.1 Å². The Labute approximate surface area is 143 Å². The van der Waals surface area contributed by atoms with Crippen LogP contribution in [0, 0.1) is 19.8 Å². The number of nitrogens with zero attached hydrogens (tertiary/aromatic N) is 4. The molecule has 0 N–H and O–H groups in total. The predicted octanol–water partition coefficient (Wildman–Crippen LogP) is 3.44. The van der Waals surface area contributed by atoms with Gasteiger partial charge in [0.05, 0.1) is 5.92 Å². The second-order valence-electron chi connectivity index (χ2n) is 5.73. The molecule has 2 heterocycles. The van der Waals surface area contributed by atoms with Gasteiger partial charge in [-0.25, -0.2) is 9.97 Å². The number of aromatic nitrogens is 2. The highest BCUT2D eigenvalue weighted by Crippen LogP contribution is 2.24. The molecule has 1 aromatic carbocycles. The van der Waals surface area contributed by atoms with Crippen LogP contribution in [-0.2, 0) is 11.2 Å². The minimum Gasteiger partial charge on any atom is -0.272 e. The van der Waals surface area contributed by atoms with Crippen molar-refractivity contribution in [2.75, 3.05) is 5.01 Å². The first-order valence-corrected chi connectivity index (χ1v) is 8.19. The normalized spacial score (nSPS) is 17.6. The lowest BCUT2D eigenvalue weighted by molar-refractivity contribution is -0.119. The Morgan fingerprint density at radius 2 is 1.70 bits per heavy atom. The van der Waals surface area contributed by atoms with Crippen LogP contribution in [-0.4, -0.2) is 21.6 Å². The first-order chi connectivity index (χ1) is 10.9. The Hall–Kier alpha value is -2.08. The van der Waals surface area contributed by atoms with Crippen molar-refractivity contribution < 1.29 is 4.79 Å². The Morgan fingerprint density at radius 1 is 1.09 bits per heavy atom. The standard InChI is InChI=1S/C17H17BrN4O/c1-10-8-11(2)20-17(19-10)22-16(23)15(12(3)21-22)9-13-4-6-14(18)7-5-13/h4-8,15H,9H2,1-3H3/t15-/m0/s1. The van der Waals surface area contributed by atoms with Crippen LogP contribution in [0.15, 0.2) is 39.9 Å². The van der Waals surface area contributed by atoms with Crippen LogP contribution < -0.4 is 5.01 Å². The van der Waals surface area contributed by atoms with Gasteiger partial charge in [-0.15, -0.1) is 0 Å². The van der Waals surface area contributed by atoms with Crippen molar-refractivity contribution in [3.8, 4) is 0 Å². The van der Waals surface area contributed by atoms with Crippen molar-refractivity contribution in [3.63, 3.8) is 0 Å². The third-order valence-electron chi connectivity index (χ3n) is 3.78. The number of amides is 1. The lowest BCUT2D eigenvalue weighted by atomic mass is 9.95. The summed E-state index contributed by atoms with van der Waals surface area (Å²) in [6.45, 7) is 5.65. The number of hydrazone groups is 1. The number of hydrogen-bond donors (Lipinski definition) is 0. The van der Waals surface area contributed by atoms with E-state index in [1.165, 1.54) is 5.01 Å². The summed E-state index contributed by atoms with van der Waals surface area (Å²) in [6, 6.07) is 9.86. The van der Waals surface area contributed by atoms with Crippen LogP contribution >= 0.6 is 15.9 Å². The number of benzene rings is 1. The molecule has 1 aromatic heterocycles. The quantitative estimate of drug-likeness (QED) is 0.828. The van der Waals surface area contributed by atoms with Gasteiger partial charge in [-0.1, -0.05) is 28.1 Å². The summed E-state index contributed by atoms with van der Waals surface area (Å²) in [7, 11) is 0. The van der Waals surface area contributed by atoms with Crippen molar-refractivity contribution in [3.05, 3.63) is 51.8 Å². The number of carbonyl (C=O) groups excluding carboxylic acids is 1. The van der Waals surface area contributed by atoms with Crippen molar-refractivity contribution in [1.82, 2.24) is 9.97 Å². The van der Waals surface area contributed by atoms with Gasteiger partial charge >= 0.3 is 0 Å². The molecule has 5 nitrogen and oxygen atoms in total. The second kappa shape index (κ2) is 6.20. The summed E-state index contributed by atoms with van der Waals surface area (Å²) in [5.41, 5.74) is 3.54. The molecule has 1 aliphatic rings. The highest BCUT2D eigenvalue weighted by Gasteiger charge is 2.35. The van der Waals surface area contributed by atoms with E-state index in [9.17, 15) is 4.79 Å². The predicted molar refractivity (Wildman–Crippen MR) is 93.4 cm³/mol. The van der Waals surface area contributed by atoms with Crippen molar-refractivity contribution in [1.29, 1.82) is 0 Å². The molecule has 0 saturated carbocycles. The molecule has 0 bridgehead atoms. The molecule has 1 amide bonds. The molecule has 0 unspecified atom stereocenters. The zero-order valence-electron chi connectivity index (χ0n) is 13.2. The van der Waals surface area contributed by atoms with Gasteiger partial charge < -0.3 is 0 Å². The van der Waals surface area contributed by atoms with Crippen molar-refractivity contribution >= 4 is 33.5 Å². The summed E-state index contributed by atoms with van der Waals surface area (Å²) in [5.74, 6) is 0.0150. The minimum atomic E-state index is -0.263. The number of rotatable bonds is 3. The van der Waals surface area contributed by atoms with Crippen LogP contribution in [0.3, 0.4) is 0 Å². The van der Waals surface area contributed by atoms with E-state index in [1.54, 1.807) is 0 Å². The summed E-state index contributed by atoms with van der Waals surface area (Å²) in [6.07, 6.45) is 0.628. The number of aryl methyl sites for hydroxylation is 2. The highest BCUT2D eigenvalue weighted by atomic mass is 79.9. The Balaban J connectivity index is 1.84. The SMILES string of the molecule is CC1=NN(c2nc(C)cc(C)n2)C(=O)[C@H]1Cc1ccc(Br)cc1. The smallest absolute Gasteiger partial charge is 0.259 e. The van der Waals surface area contributed by atoms with Gasteiger partial charge in [0.2, 0.25) is 0 Å². The molecule has 0 fully saturated rings. The highest BCUT2D eigenvalue weighted by molar-refractivity contribution is 9.10. The maximum absolute atomic E-state index is 12.7. The van der Waals surface area contributed by atoms with Crippen LogP contribution in [0.1, 0.15) is 23.9 Å². The van der Waals surface area contributed by atoms with Gasteiger partial charge in [0.25, 0.3) is 11.9 Å². The van der Waals surface area contributed by atoms with E-state index in [2.05, 4.69) is 31.0 Å². The zero-order valence-corrected chi connectivity index (χ0v) is 14.8. The molecular weight excluding hydrogens is 356 g/mol. The first-order valence-electron chi connectivity index (χ1n) is 7.40. The molecule has 1 aliphatic heterocycles. The topological polar surface area (TPSA) is 58.5 Å². The molecule has 0 spiro atoms. The average molecular weight is 373 g/mol. The lowest BCUT2D eigenvalue weighted by Gasteiger charge is -2.13. The summed E-state index contributed by atoms with van der Waals surface area (Å²) >= 11 is 3.42. The largest absolute Gasteiger partial charge is 0.272 e. The van der Waals surface area contributed by atoms with Gasteiger partial charge in [-0.3, -0.25) is 4.79 Å². The van der Waals surface area contributed by atoms with Gasteiger partial charge in [-0.05, 0) is 51.0 Å². The van der Waals surface area contributed by atoms with E-state index in [0.29, 0.717) is 12.4 Å². The second-order valence-corrected chi connectivity index (χ2v) is 6.64. The van der Waals surface area contributed by atoms with Crippen molar-refractivity contribution in [2.45, 2.75) is 27.2 Å². The fourth-order valence-corrected chi connectivity index (χ4v) is 2.90. The first kappa shape index (κ1) is 15.8. The Kier molecular flexibility index (Phi) is 4.26. The van der Waals surface area contributed by atoms with Gasteiger partial charge in [0.15, 0.2) is 0 Å². The Morgan fingerprint density at radius 3 is 2.30 bits per heavy atom. The fraction of sp³-hybridized carbons (Fsp3) is 0.294. The molecule has 1 atom stereocenters. The molecule has 23 heavy (non-hydrogen) atoms. The molecule has 0 saturated heterocycles. The maximum atomic E-state index is 12.7. The molecule has 6 heteroatoms. The van der Waals surface area contributed by atoms with Crippen LogP contribution in [0.25, 0.3) is 0 Å². The summed E-state index contributed by atoms with van der Waals surface area (Å²) in [4.78, 5) is 21.4. The average Bonchev–Trinajstić information content (AvgIpc) is 2.76. The van der Waals surface area contributed by atoms with Crippen molar-refractivity contribution in [2.24, 2.45) is 11.0 Å². The number of carbonyl (C=O) groups is 1. The van der Waals surface area contributed by atoms with E-state index in [4.69, 9.17) is 0 Å². The van der Waals surface area contributed by atoms with Crippen LogP contribution in [0.2, 0.25) is 0 Å². The van der Waals surface area contributed by atoms with Gasteiger partial charge in [0.1, 0.15) is 0 Å². The van der Waals surface area contributed by atoms with E-state index in [-0.39, 0.29) is 11.8 Å². The van der Waals surface area contributed by atoms with E-state index < -0.39 is 0 Å². The van der Waals surface area contributed by atoms with E-state index >= 15 is 0 Å². The fourth-order valence-electron chi connectivity index (χ4n) is 2.64. The van der Waals surface area contributed by atoms with Crippen LogP contribution in [0.5, 0.6) is 0 Å². The molecular formula is C17H17BrN4O. The third-order valence-corrected chi connectivity index (χ3v) is 4.31. The van der Waals surface area contributed by atoms with Gasteiger partial charge in [0, 0.05) is 21.6 Å². The Bertz CT molecular complexity index is 765. The minimum absolute atomic E-state index is 0.0737. The van der Waals surface area contributed by atoms with E-state index in [0.717, 1.165) is 27.1 Å². The zero-order chi connectivity index (χ0) is 16.6.